The van der Waals surface area contributed by atoms with Gasteiger partial charge < -0.3 is 10.1 Å². The van der Waals surface area contributed by atoms with Crippen molar-refractivity contribution in [3.63, 3.8) is 0 Å². The lowest BCUT2D eigenvalue weighted by Gasteiger charge is -2.26. The lowest BCUT2D eigenvalue weighted by molar-refractivity contribution is 0.0374. The average molecular weight is 361 g/mol. The van der Waals surface area contributed by atoms with Crippen LogP contribution in [0.4, 0.5) is 4.39 Å². The summed E-state index contributed by atoms with van der Waals surface area (Å²) in [5.41, 5.74) is 0.745. The molecule has 1 aliphatic rings. The van der Waals surface area contributed by atoms with Gasteiger partial charge in [0.25, 0.3) is 5.91 Å². The number of morpholine rings is 1. The first kappa shape index (κ1) is 18.5. The largest absolute Gasteiger partial charge is 0.379 e. The molecule has 0 saturated carbocycles. The zero-order valence-corrected chi connectivity index (χ0v) is 14.9. The molecule has 1 amide bonds. The standard InChI is InChI=1S/C18H24FN5O2/c1-14(15-5-2-3-6-16(15)19)24-13-17(21-22-24)18(25)20-7-4-8-23-9-11-26-12-10-23/h2-3,5-6,13-14H,4,7-12H2,1H3,(H,20,25)/t14-/m1/s1. The Hall–Kier alpha value is -2.32. The number of aromatic nitrogens is 3. The van der Waals surface area contributed by atoms with Crippen LogP contribution in [0.1, 0.15) is 35.4 Å². The molecule has 7 nitrogen and oxygen atoms in total. The Morgan fingerprint density at radius 1 is 1.35 bits per heavy atom. The van der Waals surface area contributed by atoms with Gasteiger partial charge in [0.15, 0.2) is 5.69 Å². The number of ether oxygens (including phenoxy) is 1. The number of hydrogen-bond donors (Lipinski definition) is 1. The lowest BCUT2D eigenvalue weighted by atomic mass is 10.1. The Morgan fingerprint density at radius 3 is 2.88 bits per heavy atom. The van der Waals surface area contributed by atoms with E-state index in [0.29, 0.717) is 12.1 Å². The lowest BCUT2D eigenvalue weighted by Crippen LogP contribution is -2.38. The first-order valence-electron chi connectivity index (χ1n) is 8.89. The molecule has 1 atom stereocenters. The van der Waals surface area contributed by atoms with Gasteiger partial charge in [-0.25, -0.2) is 9.07 Å². The van der Waals surface area contributed by atoms with E-state index in [-0.39, 0.29) is 23.5 Å². The fourth-order valence-corrected chi connectivity index (χ4v) is 2.95. The van der Waals surface area contributed by atoms with E-state index in [4.69, 9.17) is 4.74 Å². The Morgan fingerprint density at radius 2 is 2.12 bits per heavy atom. The van der Waals surface area contributed by atoms with Gasteiger partial charge in [-0.3, -0.25) is 9.69 Å². The van der Waals surface area contributed by atoms with E-state index in [2.05, 4.69) is 20.5 Å². The maximum atomic E-state index is 13.9. The normalized spacial score (nSPS) is 16.4. The van der Waals surface area contributed by atoms with Gasteiger partial charge in [0.1, 0.15) is 5.82 Å². The molecular weight excluding hydrogens is 337 g/mol. The van der Waals surface area contributed by atoms with Crippen LogP contribution in [0.15, 0.2) is 30.5 Å². The van der Waals surface area contributed by atoms with Gasteiger partial charge in [0, 0.05) is 25.2 Å². The monoisotopic (exact) mass is 361 g/mol. The van der Waals surface area contributed by atoms with E-state index in [0.717, 1.165) is 39.3 Å². The number of amides is 1. The fraction of sp³-hybridized carbons (Fsp3) is 0.500. The molecule has 0 aliphatic carbocycles. The summed E-state index contributed by atoms with van der Waals surface area (Å²) in [5.74, 6) is -0.566. The quantitative estimate of drug-likeness (QED) is 0.757. The van der Waals surface area contributed by atoms with Crippen molar-refractivity contribution in [3.05, 3.63) is 47.5 Å². The molecular formula is C18H24FN5O2. The number of carbonyl (C=O) groups excluding carboxylic acids is 1. The zero-order chi connectivity index (χ0) is 18.4. The van der Waals surface area contributed by atoms with Crippen LogP contribution >= 0.6 is 0 Å². The minimum atomic E-state index is -0.341. The van der Waals surface area contributed by atoms with Crippen LogP contribution in [0, 0.1) is 5.82 Å². The molecule has 1 aromatic heterocycles. The SMILES string of the molecule is C[C@H](c1ccccc1F)n1cc(C(=O)NCCCN2CCOCC2)nn1. The zero-order valence-electron chi connectivity index (χ0n) is 14.9. The predicted molar refractivity (Wildman–Crippen MR) is 94.4 cm³/mol. The van der Waals surface area contributed by atoms with E-state index in [9.17, 15) is 9.18 Å². The third-order valence-electron chi connectivity index (χ3n) is 4.54. The summed E-state index contributed by atoms with van der Waals surface area (Å²) in [6.45, 7) is 6.75. The predicted octanol–water partition coefficient (Wildman–Crippen LogP) is 1.48. The van der Waals surface area contributed by atoms with Gasteiger partial charge in [-0.1, -0.05) is 23.4 Å². The van der Waals surface area contributed by atoms with Crippen molar-refractivity contribution < 1.29 is 13.9 Å². The Balaban J connectivity index is 1.49. The molecule has 1 aliphatic heterocycles. The molecule has 0 spiro atoms. The van der Waals surface area contributed by atoms with Crippen LogP contribution in [0.3, 0.4) is 0 Å². The van der Waals surface area contributed by atoms with Gasteiger partial charge in [-0.2, -0.15) is 0 Å². The first-order valence-corrected chi connectivity index (χ1v) is 8.89. The topological polar surface area (TPSA) is 72.3 Å². The van der Waals surface area contributed by atoms with Crippen LogP contribution < -0.4 is 5.32 Å². The van der Waals surface area contributed by atoms with Crippen LogP contribution in [0.2, 0.25) is 0 Å². The third kappa shape index (κ3) is 4.64. The van der Waals surface area contributed by atoms with Gasteiger partial charge in [0.2, 0.25) is 0 Å². The van der Waals surface area contributed by atoms with Gasteiger partial charge >= 0.3 is 0 Å². The van der Waals surface area contributed by atoms with Crippen molar-refractivity contribution in [1.29, 1.82) is 0 Å². The van der Waals surface area contributed by atoms with Crippen molar-refractivity contribution >= 4 is 5.91 Å². The minimum Gasteiger partial charge on any atom is -0.379 e. The van der Waals surface area contributed by atoms with Gasteiger partial charge in [-0.05, 0) is 26.0 Å². The van der Waals surface area contributed by atoms with E-state index < -0.39 is 0 Å². The number of halogens is 1. The number of carbonyl (C=O) groups is 1. The van der Waals surface area contributed by atoms with Crippen LogP contribution in [-0.2, 0) is 4.74 Å². The second-order valence-corrected chi connectivity index (χ2v) is 6.34. The van der Waals surface area contributed by atoms with Crippen molar-refractivity contribution in [1.82, 2.24) is 25.2 Å². The third-order valence-corrected chi connectivity index (χ3v) is 4.54. The summed E-state index contributed by atoms with van der Waals surface area (Å²) in [7, 11) is 0. The molecule has 8 heteroatoms. The molecule has 26 heavy (non-hydrogen) atoms. The molecule has 0 bridgehead atoms. The number of rotatable bonds is 7. The molecule has 0 radical (unpaired) electrons. The Labute approximate surface area is 152 Å². The highest BCUT2D eigenvalue weighted by Gasteiger charge is 2.17. The summed E-state index contributed by atoms with van der Waals surface area (Å²) in [5, 5.41) is 10.7. The van der Waals surface area contributed by atoms with E-state index in [1.807, 2.05) is 6.92 Å². The van der Waals surface area contributed by atoms with Crippen LogP contribution in [-0.4, -0.2) is 65.2 Å². The summed E-state index contributed by atoms with van der Waals surface area (Å²) in [4.78, 5) is 14.5. The second-order valence-electron chi connectivity index (χ2n) is 6.34. The number of benzene rings is 1. The smallest absolute Gasteiger partial charge is 0.273 e. The molecule has 0 unspecified atom stereocenters. The van der Waals surface area contributed by atoms with Gasteiger partial charge in [-0.15, -0.1) is 5.10 Å². The molecule has 2 aromatic rings. The van der Waals surface area contributed by atoms with Crippen molar-refractivity contribution in [2.24, 2.45) is 0 Å². The summed E-state index contributed by atoms with van der Waals surface area (Å²) in [6, 6.07) is 6.18. The average Bonchev–Trinajstić information content (AvgIpc) is 3.16. The second kappa shape index (κ2) is 8.86. The van der Waals surface area contributed by atoms with E-state index >= 15 is 0 Å². The van der Waals surface area contributed by atoms with Crippen LogP contribution in [0.5, 0.6) is 0 Å². The molecule has 1 aromatic carbocycles. The summed E-state index contributed by atoms with van der Waals surface area (Å²) < 4.78 is 20.7. The number of nitrogens with zero attached hydrogens (tertiary/aromatic N) is 4. The Kier molecular flexibility index (Phi) is 6.30. The van der Waals surface area contributed by atoms with Crippen molar-refractivity contribution in [2.75, 3.05) is 39.4 Å². The summed E-state index contributed by atoms with van der Waals surface area (Å²) >= 11 is 0. The Bertz CT molecular complexity index is 730. The summed E-state index contributed by atoms with van der Waals surface area (Å²) in [6.07, 6.45) is 2.42. The minimum absolute atomic E-state index is 0.236. The van der Waals surface area contributed by atoms with Crippen molar-refractivity contribution in [3.8, 4) is 0 Å². The van der Waals surface area contributed by atoms with Crippen molar-refractivity contribution in [2.45, 2.75) is 19.4 Å². The molecule has 3 rings (SSSR count). The number of hydrogen-bond acceptors (Lipinski definition) is 5. The number of nitrogens with one attached hydrogen (secondary N) is 1. The van der Waals surface area contributed by atoms with E-state index in [1.54, 1.807) is 24.4 Å². The molecule has 1 saturated heterocycles. The van der Waals surface area contributed by atoms with E-state index in [1.165, 1.54) is 10.7 Å². The maximum Gasteiger partial charge on any atom is 0.273 e. The molecule has 140 valence electrons. The highest BCUT2D eigenvalue weighted by molar-refractivity contribution is 5.91. The van der Waals surface area contributed by atoms with Gasteiger partial charge in [0.05, 0.1) is 25.5 Å². The highest BCUT2D eigenvalue weighted by atomic mass is 19.1. The highest BCUT2D eigenvalue weighted by Crippen LogP contribution is 2.19. The molecule has 1 N–H and O–H groups in total. The van der Waals surface area contributed by atoms with Crippen LogP contribution in [0.25, 0.3) is 0 Å². The molecule has 2 heterocycles. The maximum absolute atomic E-state index is 13.9. The fourth-order valence-electron chi connectivity index (χ4n) is 2.95. The first-order chi connectivity index (χ1) is 12.6. The molecule has 1 fully saturated rings.